The normalized spacial score (nSPS) is 11.1. The molecule has 23 heavy (non-hydrogen) atoms. The summed E-state index contributed by atoms with van der Waals surface area (Å²) < 4.78 is 5.77. The number of rotatable bonds is 5. The zero-order chi connectivity index (χ0) is 16.9. The van der Waals surface area contributed by atoms with Gasteiger partial charge < -0.3 is 10.1 Å². The molecule has 0 unspecified atom stereocenters. The average Bonchev–Trinajstić information content (AvgIpc) is 2.47. The van der Waals surface area contributed by atoms with Gasteiger partial charge in [-0.3, -0.25) is 4.79 Å². The summed E-state index contributed by atoms with van der Waals surface area (Å²) in [4.78, 5) is 12.0. The first kappa shape index (κ1) is 17.4. The molecule has 2 aromatic rings. The van der Waals surface area contributed by atoms with Gasteiger partial charge in [-0.1, -0.05) is 35.9 Å². The first-order valence-electron chi connectivity index (χ1n) is 7.61. The highest BCUT2D eigenvalue weighted by molar-refractivity contribution is 6.30. The lowest BCUT2D eigenvalue weighted by atomic mass is 10.1. The molecule has 0 radical (unpaired) electrons. The topological polar surface area (TPSA) is 38.3 Å². The Kier molecular flexibility index (Phi) is 5.67. The molecule has 0 aliphatic heterocycles. The van der Waals surface area contributed by atoms with Crippen LogP contribution in [-0.2, 0) is 17.8 Å². The predicted octanol–water partition coefficient (Wildman–Crippen LogP) is 4.38. The minimum Gasteiger partial charge on any atom is -0.488 e. The molecule has 0 aliphatic rings. The van der Waals surface area contributed by atoms with Crippen molar-refractivity contribution >= 4 is 17.5 Å². The Balaban J connectivity index is 1.83. The molecule has 0 saturated carbocycles. The van der Waals surface area contributed by atoms with E-state index >= 15 is 0 Å². The number of halogens is 1. The van der Waals surface area contributed by atoms with Crippen LogP contribution in [0.2, 0.25) is 5.02 Å². The van der Waals surface area contributed by atoms with Crippen molar-refractivity contribution in [2.45, 2.75) is 39.3 Å². The first-order valence-corrected chi connectivity index (χ1v) is 7.99. The van der Waals surface area contributed by atoms with E-state index in [1.54, 1.807) is 12.1 Å². The van der Waals surface area contributed by atoms with Gasteiger partial charge >= 0.3 is 0 Å². The number of hydrogen-bond donors (Lipinski definition) is 1. The van der Waals surface area contributed by atoms with E-state index in [2.05, 4.69) is 5.32 Å². The Morgan fingerprint density at radius 1 is 1.00 bits per heavy atom. The summed E-state index contributed by atoms with van der Waals surface area (Å²) in [6, 6.07) is 15.1. The fourth-order valence-corrected chi connectivity index (χ4v) is 2.21. The lowest BCUT2D eigenvalue weighted by Crippen LogP contribution is -2.24. The molecule has 122 valence electrons. The van der Waals surface area contributed by atoms with Crippen LogP contribution in [0, 0.1) is 0 Å². The van der Waals surface area contributed by atoms with Crippen LogP contribution >= 0.6 is 11.6 Å². The van der Waals surface area contributed by atoms with Gasteiger partial charge in [-0.05, 0) is 56.2 Å². The summed E-state index contributed by atoms with van der Waals surface area (Å²) in [5.74, 6) is 0.816. The van der Waals surface area contributed by atoms with Crippen LogP contribution in [0.25, 0.3) is 0 Å². The Bertz CT molecular complexity index is 643. The van der Waals surface area contributed by atoms with Crippen molar-refractivity contribution in [2.75, 3.05) is 0 Å². The molecule has 0 spiro atoms. The highest BCUT2D eigenvalue weighted by atomic mass is 35.5. The highest BCUT2D eigenvalue weighted by Gasteiger charge is 2.11. The van der Waals surface area contributed by atoms with Crippen LogP contribution in [0.4, 0.5) is 0 Å². The predicted molar refractivity (Wildman–Crippen MR) is 93.8 cm³/mol. The number of carbonyl (C=O) groups excluding carboxylic acids is 1. The molecule has 0 bridgehead atoms. The molecule has 4 heteroatoms. The van der Waals surface area contributed by atoms with Gasteiger partial charge in [0.25, 0.3) is 0 Å². The van der Waals surface area contributed by atoms with Crippen molar-refractivity contribution in [3.05, 3.63) is 64.7 Å². The maximum absolute atomic E-state index is 12.0. The van der Waals surface area contributed by atoms with Gasteiger partial charge in [-0.25, -0.2) is 0 Å². The Morgan fingerprint density at radius 2 is 1.57 bits per heavy atom. The fraction of sp³-hybridized carbons (Fsp3) is 0.316. The van der Waals surface area contributed by atoms with E-state index in [1.165, 1.54) is 0 Å². The number of benzene rings is 2. The standard InChI is InChI=1S/C19H22ClNO2/c1-19(2,3)23-17-10-6-15(7-11-17)13-21-18(22)12-14-4-8-16(20)9-5-14/h4-11H,12-13H2,1-3H3,(H,21,22). The molecule has 0 saturated heterocycles. The molecule has 2 rings (SSSR count). The van der Waals surface area contributed by atoms with Crippen molar-refractivity contribution < 1.29 is 9.53 Å². The quantitative estimate of drug-likeness (QED) is 0.883. The van der Waals surface area contributed by atoms with Crippen LogP contribution in [0.3, 0.4) is 0 Å². The van der Waals surface area contributed by atoms with Crippen LogP contribution in [0.5, 0.6) is 5.75 Å². The van der Waals surface area contributed by atoms with Gasteiger partial charge in [0.15, 0.2) is 0 Å². The third kappa shape index (κ3) is 6.33. The molecule has 1 amide bonds. The molecule has 0 aliphatic carbocycles. The Morgan fingerprint density at radius 3 is 2.13 bits per heavy atom. The zero-order valence-corrected chi connectivity index (χ0v) is 14.5. The third-order valence-electron chi connectivity index (χ3n) is 3.12. The maximum atomic E-state index is 12.0. The number of nitrogens with one attached hydrogen (secondary N) is 1. The van der Waals surface area contributed by atoms with E-state index in [1.807, 2.05) is 57.2 Å². The Hall–Kier alpha value is -2.00. The minimum atomic E-state index is -0.214. The van der Waals surface area contributed by atoms with Gasteiger partial charge in [0, 0.05) is 11.6 Å². The molecule has 0 heterocycles. The largest absolute Gasteiger partial charge is 0.488 e. The van der Waals surface area contributed by atoms with Crippen molar-refractivity contribution in [3.63, 3.8) is 0 Å². The second-order valence-corrected chi connectivity index (χ2v) is 6.87. The van der Waals surface area contributed by atoms with Crippen molar-refractivity contribution in [2.24, 2.45) is 0 Å². The summed E-state index contributed by atoms with van der Waals surface area (Å²) in [5.41, 5.74) is 1.77. The SMILES string of the molecule is CC(C)(C)Oc1ccc(CNC(=O)Cc2ccc(Cl)cc2)cc1. The van der Waals surface area contributed by atoms with Crippen LogP contribution in [-0.4, -0.2) is 11.5 Å². The lowest BCUT2D eigenvalue weighted by molar-refractivity contribution is -0.120. The van der Waals surface area contributed by atoms with Gasteiger partial charge in [0.05, 0.1) is 6.42 Å². The van der Waals surface area contributed by atoms with Crippen molar-refractivity contribution in [3.8, 4) is 5.75 Å². The highest BCUT2D eigenvalue weighted by Crippen LogP contribution is 2.18. The van der Waals surface area contributed by atoms with Gasteiger partial charge in [-0.15, -0.1) is 0 Å². The monoisotopic (exact) mass is 331 g/mol. The summed E-state index contributed by atoms with van der Waals surface area (Å²) >= 11 is 5.83. The molecule has 0 aromatic heterocycles. The Labute approximate surface area is 142 Å². The average molecular weight is 332 g/mol. The van der Waals surface area contributed by atoms with E-state index in [-0.39, 0.29) is 11.5 Å². The van der Waals surface area contributed by atoms with E-state index < -0.39 is 0 Å². The molecular formula is C19H22ClNO2. The second kappa shape index (κ2) is 7.51. The molecule has 3 nitrogen and oxygen atoms in total. The summed E-state index contributed by atoms with van der Waals surface area (Å²) in [6.07, 6.45) is 0.350. The summed E-state index contributed by atoms with van der Waals surface area (Å²) in [7, 11) is 0. The van der Waals surface area contributed by atoms with Crippen LogP contribution in [0.15, 0.2) is 48.5 Å². The van der Waals surface area contributed by atoms with Gasteiger partial charge in [-0.2, -0.15) is 0 Å². The molecule has 1 N–H and O–H groups in total. The fourth-order valence-electron chi connectivity index (χ4n) is 2.08. The van der Waals surface area contributed by atoms with E-state index in [4.69, 9.17) is 16.3 Å². The molecular weight excluding hydrogens is 310 g/mol. The summed E-state index contributed by atoms with van der Waals surface area (Å²) in [6.45, 7) is 6.54. The second-order valence-electron chi connectivity index (χ2n) is 6.44. The number of amides is 1. The van der Waals surface area contributed by atoms with Crippen LogP contribution < -0.4 is 10.1 Å². The number of hydrogen-bond acceptors (Lipinski definition) is 2. The van der Waals surface area contributed by atoms with Crippen LogP contribution in [0.1, 0.15) is 31.9 Å². The third-order valence-corrected chi connectivity index (χ3v) is 3.37. The number of ether oxygens (including phenoxy) is 1. The molecule has 0 fully saturated rings. The van der Waals surface area contributed by atoms with E-state index in [9.17, 15) is 4.79 Å². The summed E-state index contributed by atoms with van der Waals surface area (Å²) in [5, 5.41) is 3.59. The smallest absolute Gasteiger partial charge is 0.224 e. The molecule has 0 atom stereocenters. The van der Waals surface area contributed by atoms with E-state index in [0.717, 1.165) is 16.9 Å². The maximum Gasteiger partial charge on any atom is 0.224 e. The van der Waals surface area contributed by atoms with Crippen molar-refractivity contribution in [1.82, 2.24) is 5.32 Å². The minimum absolute atomic E-state index is 0.0117. The lowest BCUT2D eigenvalue weighted by Gasteiger charge is -2.21. The van der Waals surface area contributed by atoms with E-state index in [0.29, 0.717) is 18.0 Å². The molecule has 2 aromatic carbocycles. The van der Waals surface area contributed by atoms with Gasteiger partial charge in [0.2, 0.25) is 5.91 Å². The zero-order valence-electron chi connectivity index (χ0n) is 13.7. The number of carbonyl (C=O) groups is 1. The van der Waals surface area contributed by atoms with Crippen molar-refractivity contribution in [1.29, 1.82) is 0 Å². The first-order chi connectivity index (χ1) is 10.8. The van der Waals surface area contributed by atoms with Gasteiger partial charge in [0.1, 0.15) is 11.4 Å².